The van der Waals surface area contributed by atoms with Crippen LogP contribution in [0, 0.1) is 5.41 Å². The lowest BCUT2D eigenvalue weighted by Crippen LogP contribution is -2.32. The molecule has 0 radical (unpaired) electrons. The molecule has 0 aromatic heterocycles. The molecule has 0 bridgehead atoms. The maximum absolute atomic E-state index is 10.5. The van der Waals surface area contributed by atoms with Crippen molar-refractivity contribution in [3.8, 4) is 0 Å². The van der Waals surface area contributed by atoms with Crippen LogP contribution in [-0.2, 0) is 4.79 Å². The van der Waals surface area contributed by atoms with Gasteiger partial charge in [0.05, 0.1) is 0 Å². The predicted molar refractivity (Wildman–Crippen MR) is 67.7 cm³/mol. The molecule has 0 aliphatic carbocycles. The van der Waals surface area contributed by atoms with Gasteiger partial charge < -0.3 is 22.0 Å². The van der Waals surface area contributed by atoms with Gasteiger partial charge in [-0.05, 0) is 32.4 Å². The van der Waals surface area contributed by atoms with Crippen molar-refractivity contribution in [3.05, 3.63) is 0 Å². The van der Waals surface area contributed by atoms with Crippen molar-refractivity contribution in [2.45, 2.75) is 39.5 Å². The molecule has 0 saturated heterocycles. The second kappa shape index (κ2) is 7.89. The molecule has 0 heterocycles. The van der Waals surface area contributed by atoms with E-state index in [1.165, 1.54) is 0 Å². The second-order valence-corrected chi connectivity index (χ2v) is 4.79. The quantitative estimate of drug-likeness (QED) is 0.154. The number of hydrogen-bond donors (Lipinski definition) is 4. The average Bonchev–Trinajstić information content (AvgIpc) is 2.26. The molecule has 0 saturated carbocycles. The summed E-state index contributed by atoms with van der Waals surface area (Å²) in [5.74, 6) is -0.00825. The van der Waals surface area contributed by atoms with Gasteiger partial charge in [0, 0.05) is 11.8 Å². The smallest absolute Gasteiger partial charge is 0.217 e. The Kier molecular flexibility index (Phi) is 7.29. The van der Waals surface area contributed by atoms with E-state index in [1.807, 2.05) is 13.8 Å². The minimum Gasteiger partial charge on any atom is -0.409 e. The maximum Gasteiger partial charge on any atom is 0.217 e. The van der Waals surface area contributed by atoms with Crippen molar-refractivity contribution in [1.82, 2.24) is 5.32 Å². The molecule has 1 amide bonds. The highest BCUT2D eigenvalue weighted by molar-refractivity contribution is 5.85. The van der Waals surface area contributed by atoms with Crippen LogP contribution >= 0.6 is 0 Å². The number of nitrogens with zero attached hydrogens (tertiary/aromatic N) is 1. The van der Waals surface area contributed by atoms with Crippen molar-refractivity contribution in [3.63, 3.8) is 0 Å². The Balaban J connectivity index is 3.55. The highest BCUT2D eigenvalue weighted by Gasteiger charge is 2.22. The molecule has 100 valence electrons. The number of carbonyl (C=O) groups excluding carboxylic acids is 1. The van der Waals surface area contributed by atoms with Crippen LogP contribution in [0.1, 0.15) is 39.5 Å². The summed E-state index contributed by atoms with van der Waals surface area (Å²) < 4.78 is 0. The number of oxime groups is 1. The summed E-state index contributed by atoms with van der Waals surface area (Å²) in [5, 5.41) is 14.8. The summed E-state index contributed by atoms with van der Waals surface area (Å²) in [6.07, 6.45) is 2.95. The van der Waals surface area contributed by atoms with Crippen molar-refractivity contribution in [1.29, 1.82) is 0 Å². The number of primary amides is 1. The van der Waals surface area contributed by atoms with E-state index in [-0.39, 0.29) is 17.2 Å². The Morgan fingerprint density at radius 1 is 1.29 bits per heavy atom. The molecule has 0 fully saturated rings. The third-order valence-corrected chi connectivity index (χ3v) is 2.73. The SMILES string of the molecule is CC(C)(CCCNCCCC(N)=O)C(N)=NO. The lowest BCUT2D eigenvalue weighted by Gasteiger charge is -2.22. The fourth-order valence-electron chi connectivity index (χ4n) is 1.43. The monoisotopic (exact) mass is 244 g/mol. The minimum absolute atomic E-state index is 0.256. The first-order valence-electron chi connectivity index (χ1n) is 5.87. The summed E-state index contributed by atoms with van der Waals surface area (Å²) in [6, 6.07) is 0. The van der Waals surface area contributed by atoms with Gasteiger partial charge >= 0.3 is 0 Å². The molecule has 0 spiro atoms. The van der Waals surface area contributed by atoms with E-state index in [2.05, 4.69) is 10.5 Å². The van der Waals surface area contributed by atoms with E-state index in [0.717, 1.165) is 32.4 Å². The van der Waals surface area contributed by atoms with E-state index in [4.69, 9.17) is 16.7 Å². The third-order valence-electron chi connectivity index (χ3n) is 2.73. The van der Waals surface area contributed by atoms with E-state index >= 15 is 0 Å². The van der Waals surface area contributed by atoms with Crippen molar-refractivity contribution < 1.29 is 10.0 Å². The van der Waals surface area contributed by atoms with Crippen LogP contribution in [-0.4, -0.2) is 30.0 Å². The molecule has 0 aromatic rings. The van der Waals surface area contributed by atoms with Gasteiger partial charge in [-0.15, -0.1) is 0 Å². The second-order valence-electron chi connectivity index (χ2n) is 4.79. The van der Waals surface area contributed by atoms with E-state index in [1.54, 1.807) is 0 Å². The van der Waals surface area contributed by atoms with Crippen LogP contribution in [0.4, 0.5) is 0 Å². The highest BCUT2D eigenvalue weighted by Crippen LogP contribution is 2.21. The van der Waals surface area contributed by atoms with Gasteiger partial charge in [0.15, 0.2) is 0 Å². The number of amides is 1. The number of carbonyl (C=O) groups is 1. The zero-order chi connectivity index (χ0) is 13.3. The fraction of sp³-hybridized carbons (Fsp3) is 0.818. The molecule has 6 heteroatoms. The highest BCUT2D eigenvalue weighted by atomic mass is 16.4. The standard InChI is InChI=1S/C11H24N4O2/c1-11(2,10(13)15-17)6-4-8-14-7-3-5-9(12)16/h14,17H,3-8H2,1-2H3,(H2,12,16)(H2,13,15). The molecule has 17 heavy (non-hydrogen) atoms. The lowest BCUT2D eigenvalue weighted by atomic mass is 9.86. The van der Waals surface area contributed by atoms with Gasteiger partial charge in [0.2, 0.25) is 5.91 Å². The summed E-state index contributed by atoms with van der Waals surface area (Å²) in [4.78, 5) is 10.5. The van der Waals surface area contributed by atoms with E-state index < -0.39 is 0 Å². The van der Waals surface area contributed by atoms with Crippen molar-refractivity contribution >= 4 is 11.7 Å². The third kappa shape index (κ3) is 7.57. The van der Waals surface area contributed by atoms with Crippen LogP contribution in [0.3, 0.4) is 0 Å². The first-order valence-corrected chi connectivity index (χ1v) is 5.87. The van der Waals surface area contributed by atoms with E-state index in [9.17, 15) is 4.79 Å². The summed E-state index contributed by atoms with van der Waals surface area (Å²) in [5.41, 5.74) is 10.3. The number of nitrogens with one attached hydrogen (secondary N) is 1. The Morgan fingerprint density at radius 2 is 1.88 bits per heavy atom. The first-order chi connectivity index (χ1) is 7.90. The Bertz CT molecular complexity index is 264. The Hall–Kier alpha value is -1.30. The summed E-state index contributed by atoms with van der Waals surface area (Å²) in [6.45, 7) is 5.51. The largest absolute Gasteiger partial charge is 0.409 e. The van der Waals surface area contributed by atoms with Crippen LogP contribution in [0.5, 0.6) is 0 Å². The van der Waals surface area contributed by atoms with Gasteiger partial charge in [-0.25, -0.2) is 0 Å². The zero-order valence-corrected chi connectivity index (χ0v) is 10.7. The molecule has 0 aliphatic heterocycles. The van der Waals surface area contributed by atoms with Gasteiger partial charge in [-0.2, -0.15) is 0 Å². The Labute approximate surface area is 102 Å². The molecule has 0 aliphatic rings. The van der Waals surface area contributed by atoms with Crippen LogP contribution in [0.15, 0.2) is 5.16 Å². The molecule has 0 rings (SSSR count). The van der Waals surface area contributed by atoms with Crippen LogP contribution in [0.25, 0.3) is 0 Å². The fourth-order valence-corrected chi connectivity index (χ4v) is 1.43. The molecule has 0 aromatic carbocycles. The maximum atomic E-state index is 10.5. The van der Waals surface area contributed by atoms with Crippen molar-refractivity contribution in [2.75, 3.05) is 13.1 Å². The number of rotatable bonds is 9. The molecule has 6 nitrogen and oxygen atoms in total. The van der Waals surface area contributed by atoms with Crippen molar-refractivity contribution in [2.24, 2.45) is 22.0 Å². The molecule has 6 N–H and O–H groups in total. The molecule has 0 unspecified atom stereocenters. The number of hydrogen-bond acceptors (Lipinski definition) is 4. The molecular weight excluding hydrogens is 220 g/mol. The minimum atomic E-state index is -0.288. The van der Waals surface area contributed by atoms with Gasteiger partial charge in [0.25, 0.3) is 0 Å². The number of amidine groups is 1. The molecular formula is C11H24N4O2. The predicted octanol–water partition coefficient (Wildman–Crippen LogP) is 0.394. The van der Waals surface area contributed by atoms with Crippen LogP contribution in [0.2, 0.25) is 0 Å². The van der Waals surface area contributed by atoms with E-state index in [0.29, 0.717) is 6.42 Å². The normalized spacial score (nSPS) is 12.7. The Morgan fingerprint density at radius 3 is 2.41 bits per heavy atom. The number of nitrogens with two attached hydrogens (primary N) is 2. The van der Waals surface area contributed by atoms with Gasteiger partial charge in [-0.3, -0.25) is 4.79 Å². The molecule has 0 atom stereocenters. The first kappa shape index (κ1) is 15.7. The summed E-state index contributed by atoms with van der Waals surface area (Å²) >= 11 is 0. The van der Waals surface area contributed by atoms with Crippen LogP contribution < -0.4 is 16.8 Å². The zero-order valence-electron chi connectivity index (χ0n) is 10.7. The average molecular weight is 244 g/mol. The lowest BCUT2D eigenvalue weighted by molar-refractivity contribution is -0.118. The topological polar surface area (TPSA) is 114 Å². The van der Waals surface area contributed by atoms with Gasteiger partial charge in [-0.1, -0.05) is 19.0 Å². The van der Waals surface area contributed by atoms with Gasteiger partial charge in [0.1, 0.15) is 5.84 Å². The summed E-state index contributed by atoms with van der Waals surface area (Å²) in [7, 11) is 0.